The molecule has 2 rings (SSSR count). The number of carboxylic acids is 1. The predicted octanol–water partition coefficient (Wildman–Crippen LogP) is 2.73. The molecule has 16 heavy (non-hydrogen) atoms. The molecule has 4 heteroatoms. The van der Waals surface area contributed by atoms with Crippen molar-refractivity contribution in [3.05, 3.63) is 17.8 Å². The van der Waals surface area contributed by atoms with Gasteiger partial charge < -0.3 is 9.52 Å². The number of rotatable bonds is 3. The van der Waals surface area contributed by atoms with Crippen molar-refractivity contribution in [2.24, 2.45) is 5.92 Å². The second kappa shape index (κ2) is 4.68. The van der Waals surface area contributed by atoms with Crippen LogP contribution in [0.3, 0.4) is 0 Å². The molecule has 1 N–H and O–H groups in total. The lowest BCUT2D eigenvalue weighted by Gasteiger charge is -2.25. The molecular formula is C12H17NO3. The van der Waals surface area contributed by atoms with Crippen molar-refractivity contribution in [2.45, 2.75) is 44.9 Å². The molecule has 0 bridgehead atoms. The molecule has 1 aromatic rings. The summed E-state index contributed by atoms with van der Waals surface area (Å²) in [5.74, 6) is -0.0443. The highest BCUT2D eigenvalue weighted by molar-refractivity contribution is 5.75. The Labute approximate surface area is 94.7 Å². The summed E-state index contributed by atoms with van der Waals surface area (Å²) < 4.78 is 5.37. The van der Waals surface area contributed by atoms with Crippen LogP contribution in [-0.2, 0) is 4.79 Å². The number of nitrogens with zero attached hydrogens (tertiary/aromatic N) is 1. The van der Waals surface area contributed by atoms with E-state index >= 15 is 0 Å². The number of carboxylic acid groups (broad SMARTS) is 1. The van der Waals surface area contributed by atoms with Crippen LogP contribution in [0.2, 0.25) is 0 Å². The average molecular weight is 223 g/mol. The van der Waals surface area contributed by atoms with Gasteiger partial charge in [0.2, 0.25) is 0 Å². The van der Waals surface area contributed by atoms with Crippen LogP contribution in [0.25, 0.3) is 0 Å². The summed E-state index contributed by atoms with van der Waals surface area (Å²) in [5, 5.41) is 9.30. The summed E-state index contributed by atoms with van der Waals surface area (Å²) >= 11 is 0. The van der Waals surface area contributed by atoms with Crippen LogP contribution in [0.5, 0.6) is 0 Å². The summed E-state index contributed by atoms with van der Waals surface area (Å²) in [6.07, 6.45) is 7.00. The highest BCUT2D eigenvalue weighted by Crippen LogP contribution is 2.36. The van der Waals surface area contributed by atoms with Gasteiger partial charge in [0.25, 0.3) is 0 Å². The van der Waals surface area contributed by atoms with Crippen LogP contribution < -0.4 is 0 Å². The molecule has 4 nitrogen and oxygen atoms in total. The molecule has 1 atom stereocenters. The lowest BCUT2D eigenvalue weighted by Crippen LogP contribution is -2.23. The fraction of sp³-hybridized carbons (Fsp3) is 0.667. The van der Waals surface area contributed by atoms with E-state index in [2.05, 4.69) is 4.98 Å². The summed E-state index contributed by atoms with van der Waals surface area (Å²) in [6, 6.07) is 0. The molecule has 1 aliphatic carbocycles. The lowest BCUT2D eigenvalue weighted by atomic mass is 9.79. The molecule has 0 amide bonds. The molecule has 88 valence electrons. The summed E-state index contributed by atoms with van der Waals surface area (Å²) in [4.78, 5) is 15.3. The number of hydrogen-bond acceptors (Lipinski definition) is 3. The molecule has 1 aromatic heterocycles. The number of aromatic nitrogens is 1. The van der Waals surface area contributed by atoms with Crippen LogP contribution in [0.4, 0.5) is 0 Å². The first-order chi connectivity index (χ1) is 7.68. The van der Waals surface area contributed by atoms with Gasteiger partial charge in [0.1, 0.15) is 11.7 Å². The average Bonchev–Trinajstić information content (AvgIpc) is 2.66. The van der Waals surface area contributed by atoms with Crippen LogP contribution >= 0.6 is 0 Å². The maximum Gasteiger partial charge on any atom is 0.314 e. The number of oxazole rings is 1. The first-order valence-electron chi connectivity index (χ1n) is 5.83. The molecule has 1 unspecified atom stereocenters. The molecule has 1 fully saturated rings. The minimum absolute atomic E-state index is 0.207. The van der Waals surface area contributed by atoms with Gasteiger partial charge in [-0.1, -0.05) is 19.3 Å². The van der Waals surface area contributed by atoms with Gasteiger partial charge in [0.15, 0.2) is 5.89 Å². The maximum absolute atomic E-state index is 11.3. The van der Waals surface area contributed by atoms with E-state index in [1.54, 1.807) is 13.1 Å². The van der Waals surface area contributed by atoms with Gasteiger partial charge in [-0.3, -0.25) is 4.79 Å². The van der Waals surface area contributed by atoms with E-state index in [0.29, 0.717) is 11.7 Å². The van der Waals surface area contributed by atoms with Crippen molar-refractivity contribution >= 4 is 5.97 Å². The molecule has 0 aromatic carbocycles. The van der Waals surface area contributed by atoms with Gasteiger partial charge in [-0.15, -0.1) is 0 Å². The molecule has 0 radical (unpaired) electrons. The third-order valence-corrected chi connectivity index (χ3v) is 3.33. The molecule has 0 aliphatic heterocycles. The molecule has 1 heterocycles. The Kier molecular flexibility index (Phi) is 3.27. The number of hydrogen-bond donors (Lipinski definition) is 1. The Morgan fingerprint density at radius 1 is 1.50 bits per heavy atom. The van der Waals surface area contributed by atoms with E-state index in [0.717, 1.165) is 25.7 Å². The van der Waals surface area contributed by atoms with E-state index in [9.17, 15) is 9.90 Å². The monoisotopic (exact) mass is 223 g/mol. The van der Waals surface area contributed by atoms with Crippen LogP contribution in [-0.4, -0.2) is 16.1 Å². The first kappa shape index (κ1) is 11.2. The Hall–Kier alpha value is -1.32. The number of aryl methyl sites for hydroxylation is 1. The first-order valence-corrected chi connectivity index (χ1v) is 5.83. The van der Waals surface area contributed by atoms with Crippen molar-refractivity contribution in [2.75, 3.05) is 0 Å². The van der Waals surface area contributed by atoms with Crippen molar-refractivity contribution in [1.29, 1.82) is 0 Å². The second-order valence-corrected chi connectivity index (χ2v) is 4.50. The fourth-order valence-corrected chi connectivity index (χ4v) is 2.54. The van der Waals surface area contributed by atoms with Crippen molar-refractivity contribution in [1.82, 2.24) is 4.98 Å². The molecule has 1 saturated carbocycles. The van der Waals surface area contributed by atoms with Gasteiger partial charge in [0.05, 0.1) is 6.20 Å². The topological polar surface area (TPSA) is 63.3 Å². The van der Waals surface area contributed by atoms with E-state index in [-0.39, 0.29) is 5.92 Å². The maximum atomic E-state index is 11.3. The van der Waals surface area contributed by atoms with Gasteiger partial charge in [-0.25, -0.2) is 4.98 Å². The van der Waals surface area contributed by atoms with Crippen molar-refractivity contribution in [3.8, 4) is 0 Å². The minimum Gasteiger partial charge on any atom is -0.481 e. The Morgan fingerprint density at radius 3 is 2.69 bits per heavy atom. The van der Waals surface area contributed by atoms with Crippen molar-refractivity contribution in [3.63, 3.8) is 0 Å². The normalized spacial score (nSPS) is 19.6. The Bertz CT molecular complexity index is 366. The predicted molar refractivity (Wildman–Crippen MR) is 58.2 cm³/mol. The van der Waals surface area contributed by atoms with Crippen LogP contribution in [0, 0.1) is 12.8 Å². The van der Waals surface area contributed by atoms with Gasteiger partial charge in [0, 0.05) is 6.92 Å². The summed E-state index contributed by atoms with van der Waals surface area (Å²) in [7, 11) is 0. The zero-order chi connectivity index (χ0) is 11.5. The molecule has 1 aliphatic rings. The third kappa shape index (κ3) is 2.26. The van der Waals surface area contributed by atoms with Crippen LogP contribution in [0.1, 0.15) is 49.7 Å². The minimum atomic E-state index is -0.789. The largest absolute Gasteiger partial charge is 0.481 e. The standard InChI is InChI=1S/C12H17NO3/c1-8-13-7-10(16-8)11(12(14)15)9-5-3-2-4-6-9/h7,9,11H,2-6H2,1H3,(H,14,15). The summed E-state index contributed by atoms with van der Waals surface area (Å²) in [5.41, 5.74) is 0. The number of aliphatic carboxylic acids is 1. The zero-order valence-electron chi connectivity index (χ0n) is 9.48. The highest BCUT2D eigenvalue weighted by Gasteiger charge is 2.33. The quantitative estimate of drug-likeness (QED) is 0.855. The van der Waals surface area contributed by atoms with E-state index in [4.69, 9.17) is 4.42 Å². The van der Waals surface area contributed by atoms with E-state index in [1.807, 2.05) is 0 Å². The molecule has 0 spiro atoms. The summed E-state index contributed by atoms with van der Waals surface area (Å²) in [6.45, 7) is 1.74. The third-order valence-electron chi connectivity index (χ3n) is 3.33. The van der Waals surface area contributed by atoms with Gasteiger partial charge >= 0.3 is 5.97 Å². The van der Waals surface area contributed by atoms with Crippen LogP contribution in [0.15, 0.2) is 10.6 Å². The fourth-order valence-electron chi connectivity index (χ4n) is 2.54. The van der Waals surface area contributed by atoms with Crippen molar-refractivity contribution < 1.29 is 14.3 Å². The van der Waals surface area contributed by atoms with Gasteiger partial charge in [-0.05, 0) is 18.8 Å². The van der Waals surface area contributed by atoms with Gasteiger partial charge in [-0.2, -0.15) is 0 Å². The molecule has 0 saturated heterocycles. The SMILES string of the molecule is Cc1ncc(C(C(=O)O)C2CCCCC2)o1. The molecular weight excluding hydrogens is 206 g/mol. The van der Waals surface area contributed by atoms with E-state index in [1.165, 1.54) is 6.42 Å². The lowest BCUT2D eigenvalue weighted by molar-refractivity contribution is -0.141. The zero-order valence-corrected chi connectivity index (χ0v) is 9.48. The smallest absolute Gasteiger partial charge is 0.314 e. The number of carbonyl (C=O) groups is 1. The van der Waals surface area contributed by atoms with E-state index < -0.39 is 11.9 Å². The Balaban J connectivity index is 2.19. The highest BCUT2D eigenvalue weighted by atomic mass is 16.4. The second-order valence-electron chi connectivity index (χ2n) is 4.50. The Morgan fingerprint density at radius 2 is 2.19 bits per heavy atom.